The Morgan fingerprint density at radius 3 is 2.70 bits per heavy atom. The Bertz CT molecular complexity index is 1290. The summed E-state index contributed by atoms with van der Waals surface area (Å²) in [6, 6.07) is 13.0. The van der Waals surface area contributed by atoms with Gasteiger partial charge < -0.3 is 4.74 Å². The maximum Gasteiger partial charge on any atom is 0.329 e. The molecular formula is C20H19N7O3. The molecule has 0 atom stereocenters. The van der Waals surface area contributed by atoms with Gasteiger partial charge in [-0.1, -0.05) is 18.2 Å². The molecule has 0 amide bonds. The molecule has 152 valence electrons. The molecule has 3 heterocycles. The van der Waals surface area contributed by atoms with Crippen LogP contribution in [0.4, 0.5) is 5.95 Å². The second-order valence-electron chi connectivity index (χ2n) is 6.39. The maximum absolute atomic E-state index is 12.5. The number of imidazole rings is 1. The number of benzene rings is 1. The number of ether oxygens (including phenoxy) is 1. The molecule has 10 nitrogen and oxygen atoms in total. The zero-order chi connectivity index (χ0) is 20.9. The average Bonchev–Trinajstić information content (AvgIpc) is 3.13. The minimum atomic E-state index is -0.537. The largest absolute Gasteiger partial charge is 0.492 e. The van der Waals surface area contributed by atoms with Gasteiger partial charge in [0.05, 0.1) is 12.8 Å². The number of nitrogens with one attached hydrogen (secondary N) is 2. The number of hydrogen-bond donors (Lipinski definition) is 2. The van der Waals surface area contributed by atoms with Crippen molar-refractivity contribution in [2.24, 2.45) is 12.1 Å². The number of aromatic nitrogens is 5. The predicted octanol–water partition coefficient (Wildman–Crippen LogP) is 1.34. The van der Waals surface area contributed by atoms with Crippen molar-refractivity contribution in [3.8, 4) is 5.75 Å². The van der Waals surface area contributed by atoms with Crippen molar-refractivity contribution in [1.29, 1.82) is 0 Å². The van der Waals surface area contributed by atoms with Crippen molar-refractivity contribution >= 4 is 23.3 Å². The lowest BCUT2D eigenvalue weighted by Gasteiger charge is -2.10. The van der Waals surface area contributed by atoms with Gasteiger partial charge in [0, 0.05) is 19.4 Å². The van der Waals surface area contributed by atoms with Crippen molar-refractivity contribution in [1.82, 2.24) is 24.1 Å². The van der Waals surface area contributed by atoms with Crippen molar-refractivity contribution < 1.29 is 4.74 Å². The van der Waals surface area contributed by atoms with Gasteiger partial charge in [-0.05, 0) is 29.8 Å². The summed E-state index contributed by atoms with van der Waals surface area (Å²) in [5, 5.41) is 4.19. The lowest BCUT2D eigenvalue weighted by Crippen LogP contribution is -2.29. The number of fused-ring (bicyclic) bond motifs is 1. The van der Waals surface area contributed by atoms with Crippen LogP contribution < -0.4 is 21.4 Å². The summed E-state index contributed by atoms with van der Waals surface area (Å²) < 4.78 is 8.67. The van der Waals surface area contributed by atoms with E-state index in [1.165, 1.54) is 4.57 Å². The van der Waals surface area contributed by atoms with E-state index in [4.69, 9.17) is 4.74 Å². The monoisotopic (exact) mass is 405 g/mol. The number of H-pyrrole nitrogens is 1. The minimum absolute atomic E-state index is 0.255. The number of nitrogens with zero attached hydrogens (tertiary/aromatic N) is 5. The first-order valence-corrected chi connectivity index (χ1v) is 9.20. The summed E-state index contributed by atoms with van der Waals surface area (Å²) in [7, 11) is 1.54. The van der Waals surface area contributed by atoms with E-state index in [9.17, 15) is 9.59 Å². The number of aryl methyl sites for hydroxylation is 1. The molecule has 0 spiro atoms. The molecule has 10 heteroatoms. The van der Waals surface area contributed by atoms with E-state index in [0.717, 1.165) is 5.56 Å². The number of hydrazone groups is 1. The average molecular weight is 405 g/mol. The highest BCUT2D eigenvalue weighted by atomic mass is 16.5. The number of pyridine rings is 1. The molecule has 0 aliphatic rings. The quantitative estimate of drug-likeness (QED) is 0.354. The standard InChI is InChI=1S/C20H19N7O3/c1-26-17-16(18(28)24-20(26)29)27(11-12-30-15-5-3-2-4-6-15)19(23-17)25-22-13-14-7-9-21-10-8-14/h2-10,13H,11-12H2,1H3,(H,23,25)(H,24,28,29)/b22-13-. The number of hydrogen-bond acceptors (Lipinski definition) is 7. The molecule has 1 aromatic carbocycles. The Hall–Kier alpha value is -4.21. The first kappa shape index (κ1) is 19.1. The van der Waals surface area contributed by atoms with Crippen LogP contribution in [0.25, 0.3) is 11.2 Å². The van der Waals surface area contributed by atoms with E-state index in [0.29, 0.717) is 24.8 Å². The topological polar surface area (TPSA) is 119 Å². The molecule has 30 heavy (non-hydrogen) atoms. The van der Waals surface area contributed by atoms with Gasteiger partial charge in [-0.2, -0.15) is 10.1 Å². The molecule has 0 bridgehead atoms. The molecule has 0 unspecified atom stereocenters. The molecule has 4 aromatic rings. The van der Waals surface area contributed by atoms with Gasteiger partial charge in [-0.25, -0.2) is 10.2 Å². The number of anilines is 1. The third-order valence-corrected chi connectivity index (χ3v) is 4.42. The highest BCUT2D eigenvalue weighted by molar-refractivity contribution is 5.80. The predicted molar refractivity (Wildman–Crippen MR) is 113 cm³/mol. The zero-order valence-corrected chi connectivity index (χ0v) is 16.1. The smallest absolute Gasteiger partial charge is 0.329 e. The molecule has 0 aliphatic heterocycles. The third kappa shape index (κ3) is 3.97. The highest BCUT2D eigenvalue weighted by Gasteiger charge is 2.17. The molecule has 0 saturated heterocycles. The number of rotatable bonds is 7. The fourth-order valence-corrected chi connectivity index (χ4v) is 2.92. The van der Waals surface area contributed by atoms with E-state index < -0.39 is 11.2 Å². The van der Waals surface area contributed by atoms with Crippen LogP contribution in [-0.2, 0) is 13.6 Å². The molecule has 0 radical (unpaired) electrons. The summed E-state index contributed by atoms with van der Waals surface area (Å²) in [5.74, 6) is 1.03. The second-order valence-corrected chi connectivity index (χ2v) is 6.39. The lowest BCUT2D eigenvalue weighted by atomic mass is 10.3. The molecule has 3 aromatic heterocycles. The van der Waals surface area contributed by atoms with E-state index in [1.54, 1.807) is 42.4 Å². The second kappa shape index (κ2) is 8.43. The van der Waals surface area contributed by atoms with E-state index in [-0.39, 0.29) is 11.2 Å². The summed E-state index contributed by atoms with van der Waals surface area (Å²) >= 11 is 0. The van der Waals surface area contributed by atoms with Gasteiger partial charge in [-0.15, -0.1) is 0 Å². The highest BCUT2D eigenvalue weighted by Crippen LogP contribution is 2.16. The summed E-state index contributed by atoms with van der Waals surface area (Å²) in [4.78, 5) is 35.1. The van der Waals surface area contributed by atoms with Gasteiger partial charge in [0.15, 0.2) is 11.2 Å². The van der Waals surface area contributed by atoms with Crippen LogP contribution in [0.3, 0.4) is 0 Å². The first-order chi connectivity index (χ1) is 14.6. The van der Waals surface area contributed by atoms with Crippen LogP contribution in [0.2, 0.25) is 0 Å². The first-order valence-electron chi connectivity index (χ1n) is 9.20. The van der Waals surface area contributed by atoms with Gasteiger partial charge in [-0.3, -0.25) is 23.9 Å². The number of aromatic amines is 1. The zero-order valence-electron chi connectivity index (χ0n) is 16.1. The van der Waals surface area contributed by atoms with Crippen LogP contribution in [-0.4, -0.2) is 36.9 Å². The van der Waals surface area contributed by atoms with Crippen LogP contribution in [0.5, 0.6) is 5.75 Å². The maximum atomic E-state index is 12.5. The molecule has 0 fully saturated rings. The molecular weight excluding hydrogens is 386 g/mol. The van der Waals surface area contributed by atoms with Crippen LogP contribution in [0, 0.1) is 0 Å². The van der Waals surface area contributed by atoms with Crippen LogP contribution in [0.1, 0.15) is 5.56 Å². The van der Waals surface area contributed by atoms with Gasteiger partial charge >= 0.3 is 5.69 Å². The SMILES string of the molecule is Cn1c(=O)[nH]c(=O)c2c1nc(N/N=C\c1ccncc1)n2CCOc1ccccc1. The van der Waals surface area contributed by atoms with Crippen molar-refractivity contribution in [2.45, 2.75) is 6.54 Å². The van der Waals surface area contributed by atoms with Crippen molar-refractivity contribution in [2.75, 3.05) is 12.0 Å². The summed E-state index contributed by atoms with van der Waals surface area (Å²) in [6.45, 7) is 0.611. The molecule has 0 aliphatic carbocycles. The van der Waals surface area contributed by atoms with Crippen molar-refractivity contribution in [3.63, 3.8) is 0 Å². The third-order valence-electron chi connectivity index (χ3n) is 4.42. The van der Waals surface area contributed by atoms with Gasteiger partial charge in [0.2, 0.25) is 5.95 Å². The Morgan fingerprint density at radius 1 is 1.17 bits per heavy atom. The number of para-hydroxylation sites is 1. The summed E-state index contributed by atoms with van der Waals surface area (Å²) in [6.07, 6.45) is 4.93. The molecule has 4 rings (SSSR count). The fourth-order valence-electron chi connectivity index (χ4n) is 2.92. The minimum Gasteiger partial charge on any atom is -0.492 e. The van der Waals surface area contributed by atoms with E-state index >= 15 is 0 Å². The fraction of sp³-hybridized carbons (Fsp3) is 0.150. The van der Waals surface area contributed by atoms with Gasteiger partial charge in [0.25, 0.3) is 5.56 Å². The molecule has 0 saturated carbocycles. The summed E-state index contributed by atoms with van der Waals surface area (Å²) in [5.41, 5.74) is 3.15. The normalized spacial score (nSPS) is 11.2. The Balaban J connectivity index is 1.65. The lowest BCUT2D eigenvalue weighted by molar-refractivity contribution is 0.301. The van der Waals surface area contributed by atoms with Crippen LogP contribution in [0.15, 0.2) is 69.5 Å². The van der Waals surface area contributed by atoms with E-state index in [2.05, 4.69) is 25.5 Å². The van der Waals surface area contributed by atoms with Crippen molar-refractivity contribution in [3.05, 3.63) is 81.3 Å². The molecule has 2 N–H and O–H groups in total. The van der Waals surface area contributed by atoms with Gasteiger partial charge in [0.1, 0.15) is 12.4 Å². The Morgan fingerprint density at radius 2 is 1.93 bits per heavy atom. The van der Waals surface area contributed by atoms with Crippen LogP contribution >= 0.6 is 0 Å². The Kier molecular flexibility index (Phi) is 5.37. The Labute approximate surface area is 170 Å². The van der Waals surface area contributed by atoms with E-state index in [1.807, 2.05) is 30.3 Å².